The number of nitrogens with two attached hydrogens (primary N) is 1. The lowest BCUT2D eigenvalue weighted by atomic mass is 10.1. The van der Waals surface area contributed by atoms with Crippen LogP contribution in [-0.2, 0) is 4.79 Å². The van der Waals surface area contributed by atoms with Crippen molar-refractivity contribution >= 4 is 5.97 Å². The van der Waals surface area contributed by atoms with Gasteiger partial charge in [0.25, 0.3) is 0 Å². The van der Waals surface area contributed by atoms with Crippen LogP contribution in [0.25, 0.3) is 0 Å². The van der Waals surface area contributed by atoms with Gasteiger partial charge in [0.05, 0.1) is 6.10 Å². The number of aliphatic carboxylic acids is 1. The summed E-state index contributed by atoms with van der Waals surface area (Å²) in [5.41, 5.74) is 5.45. The Morgan fingerprint density at radius 3 is 2.58 bits per heavy atom. The summed E-state index contributed by atoms with van der Waals surface area (Å²) in [5, 5.41) is 17.4. The van der Waals surface area contributed by atoms with Crippen LogP contribution >= 0.6 is 0 Å². The lowest BCUT2D eigenvalue weighted by molar-refractivity contribution is -0.131. The molecule has 12 heavy (non-hydrogen) atoms. The van der Waals surface area contributed by atoms with E-state index in [2.05, 4.69) is 0 Å². The molecule has 0 aromatic carbocycles. The van der Waals surface area contributed by atoms with Gasteiger partial charge < -0.3 is 15.9 Å². The van der Waals surface area contributed by atoms with Crippen LogP contribution in [0, 0.1) is 0 Å². The lowest BCUT2D eigenvalue weighted by Gasteiger charge is -2.06. The Bertz CT molecular complexity index is 166. The highest BCUT2D eigenvalue weighted by Gasteiger charge is 2.01. The van der Waals surface area contributed by atoms with Crippen LogP contribution in [0.15, 0.2) is 12.2 Å². The van der Waals surface area contributed by atoms with E-state index in [0.29, 0.717) is 12.8 Å². The topological polar surface area (TPSA) is 83.5 Å². The first-order valence-electron chi connectivity index (χ1n) is 3.87. The maximum atomic E-state index is 10.0. The van der Waals surface area contributed by atoms with Gasteiger partial charge in [-0.1, -0.05) is 0 Å². The van der Waals surface area contributed by atoms with Crippen LogP contribution in [0.5, 0.6) is 0 Å². The summed E-state index contributed by atoms with van der Waals surface area (Å²) in [6, 6.07) is 0.0397. The second kappa shape index (κ2) is 5.74. The molecule has 0 spiro atoms. The Labute approximate surface area is 71.7 Å². The van der Waals surface area contributed by atoms with Crippen LogP contribution in [-0.4, -0.2) is 28.3 Å². The summed E-state index contributed by atoms with van der Waals surface area (Å²) in [6.45, 7) is 1.84. The average Bonchev–Trinajstić information content (AvgIpc) is 1.96. The molecule has 0 saturated carbocycles. The SMILES string of the molecule is CC(N)CCC(O)/C=C/C(=O)O. The van der Waals surface area contributed by atoms with E-state index in [9.17, 15) is 4.79 Å². The van der Waals surface area contributed by atoms with Crippen molar-refractivity contribution in [3.8, 4) is 0 Å². The van der Waals surface area contributed by atoms with E-state index in [4.69, 9.17) is 15.9 Å². The molecule has 0 aromatic heterocycles. The molecule has 4 nitrogen and oxygen atoms in total. The number of carbonyl (C=O) groups is 1. The van der Waals surface area contributed by atoms with E-state index in [1.54, 1.807) is 0 Å². The van der Waals surface area contributed by atoms with Crippen molar-refractivity contribution in [2.75, 3.05) is 0 Å². The Morgan fingerprint density at radius 1 is 1.58 bits per heavy atom. The molecule has 0 fully saturated rings. The Hall–Kier alpha value is -0.870. The van der Waals surface area contributed by atoms with Gasteiger partial charge >= 0.3 is 5.97 Å². The van der Waals surface area contributed by atoms with Crippen molar-refractivity contribution in [1.82, 2.24) is 0 Å². The smallest absolute Gasteiger partial charge is 0.328 e. The van der Waals surface area contributed by atoms with Gasteiger partial charge in [-0.3, -0.25) is 0 Å². The molecule has 4 heteroatoms. The number of carboxylic acid groups (broad SMARTS) is 1. The third-order valence-corrected chi connectivity index (χ3v) is 1.38. The van der Waals surface area contributed by atoms with Crippen molar-refractivity contribution < 1.29 is 15.0 Å². The van der Waals surface area contributed by atoms with Gasteiger partial charge in [0.1, 0.15) is 0 Å². The van der Waals surface area contributed by atoms with Crippen LogP contribution in [0.1, 0.15) is 19.8 Å². The summed E-state index contributed by atoms with van der Waals surface area (Å²) < 4.78 is 0. The first-order valence-corrected chi connectivity index (χ1v) is 3.87. The van der Waals surface area contributed by atoms with Crippen molar-refractivity contribution in [2.24, 2.45) is 5.73 Å². The number of aliphatic hydroxyl groups excluding tert-OH is 1. The van der Waals surface area contributed by atoms with Gasteiger partial charge in [0, 0.05) is 12.1 Å². The fourth-order valence-corrected chi connectivity index (χ4v) is 0.723. The highest BCUT2D eigenvalue weighted by atomic mass is 16.4. The fraction of sp³-hybridized carbons (Fsp3) is 0.625. The summed E-state index contributed by atoms with van der Waals surface area (Å²) >= 11 is 0. The molecule has 4 N–H and O–H groups in total. The van der Waals surface area contributed by atoms with Gasteiger partial charge in [0.2, 0.25) is 0 Å². The molecular formula is C8H15NO3. The van der Waals surface area contributed by atoms with Gasteiger partial charge in [0.15, 0.2) is 0 Å². The minimum atomic E-state index is -1.05. The predicted octanol–water partition coefficient (Wildman–Crippen LogP) is 0.115. The minimum absolute atomic E-state index is 0.0397. The average molecular weight is 173 g/mol. The first kappa shape index (κ1) is 11.1. The fourth-order valence-electron chi connectivity index (χ4n) is 0.723. The lowest BCUT2D eigenvalue weighted by Crippen LogP contribution is -2.17. The van der Waals surface area contributed by atoms with E-state index in [-0.39, 0.29) is 6.04 Å². The number of aliphatic hydroxyl groups is 1. The summed E-state index contributed by atoms with van der Waals surface area (Å²) in [7, 11) is 0. The van der Waals surface area contributed by atoms with Crippen LogP contribution < -0.4 is 5.73 Å². The van der Waals surface area contributed by atoms with E-state index in [0.717, 1.165) is 6.08 Å². The quantitative estimate of drug-likeness (QED) is 0.515. The van der Waals surface area contributed by atoms with Crippen molar-refractivity contribution in [2.45, 2.75) is 31.9 Å². The molecule has 0 aliphatic carbocycles. The van der Waals surface area contributed by atoms with Crippen LogP contribution in [0.2, 0.25) is 0 Å². The monoisotopic (exact) mass is 173 g/mol. The number of carboxylic acids is 1. The second-order valence-corrected chi connectivity index (χ2v) is 2.82. The minimum Gasteiger partial charge on any atom is -0.478 e. The van der Waals surface area contributed by atoms with Crippen LogP contribution in [0.3, 0.4) is 0 Å². The molecule has 0 aliphatic heterocycles. The molecule has 2 atom stereocenters. The predicted molar refractivity (Wildman–Crippen MR) is 45.7 cm³/mol. The molecule has 2 unspecified atom stereocenters. The van der Waals surface area contributed by atoms with Crippen LogP contribution in [0.4, 0.5) is 0 Å². The zero-order chi connectivity index (χ0) is 9.56. The number of rotatable bonds is 5. The zero-order valence-electron chi connectivity index (χ0n) is 7.10. The third-order valence-electron chi connectivity index (χ3n) is 1.38. The highest BCUT2D eigenvalue weighted by Crippen LogP contribution is 2.00. The van der Waals surface area contributed by atoms with Gasteiger partial charge in [-0.05, 0) is 25.8 Å². The maximum Gasteiger partial charge on any atom is 0.328 e. The Kier molecular flexibility index (Phi) is 5.32. The molecular weight excluding hydrogens is 158 g/mol. The third kappa shape index (κ3) is 7.24. The molecule has 0 rings (SSSR count). The molecule has 70 valence electrons. The Balaban J connectivity index is 3.59. The molecule has 0 aliphatic rings. The molecule has 0 heterocycles. The zero-order valence-corrected chi connectivity index (χ0v) is 7.10. The number of hydrogen-bond acceptors (Lipinski definition) is 3. The number of hydrogen-bond donors (Lipinski definition) is 3. The molecule has 0 aromatic rings. The van der Waals surface area contributed by atoms with E-state index in [1.807, 2.05) is 6.92 Å². The highest BCUT2D eigenvalue weighted by molar-refractivity contribution is 5.79. The first-order chi connectivity index (χ1) is 5.52. The van der Waals surface area contributed by atoms with E-state index >= 15 is 0 Å². The standard InChI is InChI=1S/C8H15NO3/c1-6(9)2-3-7(10)4-5-8(11)12/h4-7,10H,2-3,9H2,1H3,(H,11,12)/b5-4+. The summed E-state index contributed by atoms with van der Waals surface area (Å²) in [6.07, 6.45) is 2.68. The molecule has 0 radical (unpaired) electrons. The second-order valence-electron chi connectivity index (χ2n) is 2.82. The van der Waals surface area contributed by atoms with Crippen molar-refractivity contribution in [3.05, 3.63) is 12.2 Å². The summed E-state index contributed by atoms with van der Waals surface area (Å²) in [5.74, 6) is -1.05. The van der Waals surface area contributed by atoms with Gasteiger partial charge in [-0.2, -0.15) is 0 Å². The largest absolute Gasteiger partial charge is 0.478 e. The molecule has 0 bridgehead atoms. The van der Waals surface area contributed by atoms with Gasteiger partial charge in [-0.15, -0.1) is 0 Å². The normalized spacial score (nSPS) is 16.2. The van der Waals surface area contributed by atoms with Crippen molar-refractivity contribution in [3.63, 3.8) is 0 Å². The maximum absolute atomic E-state index is 10.0. The van der Waals surface area contributed by atoms with Gasteiger partial charge in [-0.25, -0.2) is 4.79 Å². The van der Waals surface area contributed by atoms with E-state index in [1.165, 1.54) is 6.08 Å². The molecule has 0 saturated heterocycles. The summed E-state index contributed by atoms with van der Waals surface area (Å²) in [4.78, 5) is 10.0. The van der Waals surface area contributed by atoms with E-state index < -0.39 is 12.1 Å². The Morgan fingerprint density at radius 2 is 2.17 bits per heavy atom. The van der Waals surface area contributed by atoms with Crippen molar-refractivity contribution in [1.29, 1.82) is 0 Å². The molecule has 0 amide bonds.